The number of para-hydroxylation sites is 1. The monoisotopic (exact) mass is 215 g/mol. The van der Waals surface area contributed by atoms with E-state index in [1.807, 2.05) is 18.2 Å². The smallest absolute Gasteiger partial charge is 0.266 e. The van der Waals surface area contributed by atoms with Gasteiger partial charge in [-0.15, -0.1) is 0 Å². The first-order valence-corrected chi connectivity index (χ1v) is 5.15. The summed E-state index contributed by atoms with van der Waals surface area (Å²) < 4.78 is 0. The molecular formula is C12H13N3O. The van der Waals surface area contributed by atoms with Gasteiger partial charge >= 0.3 is 0 Å². The van der Waals surface area contributed by atoms with E-state index in [1.165, 1.54) is 5.56 Å². The number of aromatic nitrogens is 1. The first kappa shape index (κ1) is 10.6. The van der Waals surface area contributed by atoms with E-state index >= 15 is 0 Å². The Morgan fingerprint density at radius 2 is 2.31 bits per heavy atom. The van der Waals surface area contributed by atoms with E-state index in [-0.39, 0.29) is 5.91 Å². The normalized spacial score (nSPS) is 10.4. The second-order valence-corrected chi connectivity index (χ2v) is 3.54. The SMILES string of the molecule is CCc1cccc2cc(C(=O)NN)cnc12. The summed E-state index contributed by atoms with van der Waals surface area (Å²) in [7, 11) is 0. The lowest BCUT2D eigenvalue weighted by Gasteiger charge is -2.05. The van der Waals surface area contributed by atoms with Crippen molar-refractivity contribution in [2.24, 2.45) is 5.84 Å². The molecule has 82 valence electrons. The Bertz CT molecular complexity index is 537. The number of nitrogens with two attached hydrogens (primary N) is 1. The van der Waals surface area contributed by atoms with Gasteiger partial charge < -0.3 is 0 Å². The number of aryl methyl sites for hydroxylation is 1. The van der Waals surface area contributed by atoms with Crippen LogP contribution in [0.25, 0.3) is 10.9 Å². The molecule has 1 aromatic carbocycles. The number of nitrogens with zero attached hydrogens (tertiary/aromatic N) is 1. The van der Waals surface area contributed by atoms with Gasteiger partial charge in [-0.1, -0.05) is 25.1 Å². The molecule has 0 atom stereocenters. The van der Waals surface area contributed by atoms with E-state index < -0.39 is 0 Å². The fraction of sp³-hybridized carbons (Fsp3) is 0.167. The van der Waals surface area contributed by atoms with E-state index in [0.29, 0.717) is 5.56 Å². The predicted octanol–water partition coefficient (Wildman–Crippen LogP) is 1.40. The Kier molecular flexibility index (Phi) is 2.83. The summed E-state index contributed by atoms with van der Waals surface area (Å²) in [6, 6.07) is 7.74. The second-order valence-electron chi connectivity index (χ2n) is 3.54. The van der Waals surface area contributed by atoms with Crippen molar-refractivity contribution in [2.75, 3.05) is 0 Å². The van der Waals surface area contributed by atoms with Gasteiger partial charge in [0.25, 0.3) is 5.91 Å². The van der Waals surface area contributed by atoms with Gasteiger partial charge in [0.2, 0.25) is 0 Å². The predicted molar refractivity (Wildman–Crippen MR) is 62.8 cm³/mol. The molecule has 2 aromatic rings. The van der Waals surface area contributed by atoms with Crippen molar-refractivity contribution in [3.05, 3.63) is 41.6 Å². The fourth-order valence-corrected chi connectivity index (χ4v) is 1.72. The van der Waals surface area contributed by atoms with E-state index in [2.05, 4.69) is 17.3 Å². The van der Waals surface area contributed by atoms with Gasteiger partial charge in [0.1, 0.15) is 0 Å². The highest BCUT2D eigenvalue weighted by molar-refractivity contribution is 5.97. The minimum absolute atomic E-state index is 0.323. The Balaban J connectivity index is 2.59. The third kappa shape index (κ3) is 1.75. The highest BCUT2D eigenvalue weighted by atomic mass is 16.2. The Morgan fingerprint density at radius 1 is 1.50 bits per heavy atom. The van der Waals surface area contributed by atoms with Crippen LogP contribution in [0.2, 0.25) is 0 Å². The zero-order valence-electron chi connectivity index (χ0n) is 9.03. The highest BCUT2D eigenvalue weighted by Crippen LogP contribution is 2.18. The van der Waals surface area contributed by atoms with E-state index in [0.717, 1.165) is 17.3 Å². The molecule has 1 heterocycles. The summed E-state index contributed by atoms with van der Waals surface area (Å²) in [6.07, 6.45) is 2.47. The molecule has 1 amide bonds. The summed E-state index contributed by atoms with van der Waals surface area (Å²) in [5, 5.41) is 0.959. The highest BCUT2D eigenvalue weighted by Gasteiger charge is 2.06. The van der Waals surface area contributed by atoms with Gasteiger partial charge in [-0.2, -0.15) is 0 Å². The molecule has 0 aliphatic rings. The zero-order valence-corrected chi connectivity index (χ0v) is 9.03. The van der Waals surface area contributed by atoms with E-state index in [1.54, 1.807) is 12.3 Å². The molecular weight excluding hydrogens is 202 g/mol. The summed E-state index contributed by atoms with van der Waals surface area (Å²) in [5.41, 5.74) is 4.69. The lowest BCUT2D eigenvalue weighted by atomic mass is 10.1. The van der Waals surface area contributed by atoms with Crippen LogP contribution >= 0.6 is 0 Å². The van der Waals surface area contributed by atoms with Crippen LogP contribution in [0, 0.1) is 0 Å². The minimum Gasteiger partial charge on any atom is -0.290 e. The maximum atomic E-state index is 11.3. The molecule has 0 radical (unpaired) electrons. The number of rotatable bonds is 2. The fourth-order valence-electron chi connectivity index (χ4n) is 1.72. The molecule has 0 aliphatic heterocycles. The summed E-state index contributed by atoms with van der Waals surface area (Å²) in [6.45, 7) is 2.08. The Labute approximate surface area is 93.4 Å². The Hall–Kier alpha value is -1.94. The standard InChI is InChI=1S/C12H13N3O/c1-2-8-4-3-5-9-6-10(12(16)15-13)7-14-11(8)9/h3-7H,2,13H2,1H3,(H,15,16). The van der Waals surface area contributed by atoms with Gasteiger partial charge in [0.05, 0.1) is 11.1 Å². The number of fused-ring (bicyclic) bond motifs is 1. The number of hydrazine groups is 1. The maximum absolute atomic E-state index is 11.3. The molecule has 2 rings (SSSR count). The lowest BCUT2D eigenvalue weighted by Crippen LogP contribution is -2.30. The van der Waals surface area contributed by atoms with Crippen molar-refractivity contribution >= 4 is 16.8 Å². The van der Waals surface area contributed by atoms with Crippen LogP contribution in [0.15, 0.2) is 30.5 Å². The van der Waals surface area contributed by atoms with Gasteiger partial charge in [-0.25, -0.2) is 5.84 Å². The quantitative estimate of drug-likeness (QED) is 0.452. The molecule has 3 N–H and O–H groups in total. The maximum Gasteiger partial charge on any atom is 0.266 e. The molecule has 0 saturated carbocycles. The van der Waals surface area contributed by atoms with Gasteiger partial charge in [0, 0.05) is 11.6 Å². The van der Waals surface area contributed by atoms with Crippen molar-refractivity contribution in [3.8, 4) is 0 Å². The third-order valence-corrected chi connectivity index (χ3v) is 2.57. The molecule has 0 bridgehead atoms. The van der Waals surface area contributed by atoms with Crippen molar-refractivity contribution in [3.63, 3.8) is 0 Å². The largest absolute Gasteiger partial charge is 0.290 e. The van der Waals surface area contributed by atoms with Crippen LogP contribution in [-0.4, -0.2) is 10.9 Å². The van der Waals surface area contributed by atoms with Crippen molar-refractivity contribution in [1.82, 2.24) is 10.4 Å². The van der Waals surface area contributed by atoms with E-state index in [9.17, 15) is 4.79 Å². The van der Waals surface area contributed by atoms with Crippen molar-refractivity contribution < 1.29 is 4.79 Å². The average molecular weight is 215 g/mol. The molecule has 16 heavy (non-hydrogen) atoms. The number of amides is 1. The second kappa shape index (κ2) is 4.28. The summed E-state index contributed by atoms with van der Waals surface area (Å²) in [4.78, 5) is 15.6. The molecule has 1 aromatic heterocycles. The van der Waals surface area contributed by atoms with Crippen LogP contribution in [0.4, 0.5) is 0 Å². The van der Waals surface area contributed by atoms with Gasteiger partial charge in [-0.3, -0.25) is 15.2 Å². The number of hydrogen-bond acceptors (Lipinski definition) is 3. The molecule has 0 unspecified atom stereocenters. The zero-order chi connectivity index (χ0) is 11.5. The van der Waals surface area contributed by atoms with Crippen molar-refractivity contribution in [2.45, 2.75) is 13.3 Å². The molecule has 4 heteroatoms. The molecule has 0 saturated heterocycles. The van der Waals surface area contributed by atoms with Crippen LogP contribution in [0.5, 0.6) is 0 Å². The first-order valence-electron chi connectivity index (χ1n) is 5.15. The molecule has 0 fully saturated rings. The Morgan fingerprint density at radius 3 is 3.00 bits per heavy atom. The number of carbonyl (C=O) groups is 1. The summed E-state index contributed by atoms with van der Waals surface area (Å²) in [5.74, 6) is 4.75. The molecule has 4 nitrogen and oxygen atoms in total. The summed E-state index contributed by atoms with van der Waals surface area (Å²) >= 11 is 0. The first-order chi connectivity index (χ1) is 7.76. The molecule has 0 spiro atoms. The van der Waals surface area contributed by atoms with Crippen LogP contribution in [0.3, 0.4) is 0 Å². The third-order valence-electron chi connectivity index (χ3n) is 2.57. The van der Waals surface area contributed by atoms with Gasteiger partial charge in [-0.05, 0) is 18.1 Å². The average Bonchev–Trinajstić information content (AvgIpc) is 2.36. The minimum atomic E-state index is -0.323. The number of pyridine rings is 1. The van der Waals surface area contributed by atoms with Gasteiger partial charge in [0.15, 0.2) is 0 Å². The topological polar surface area (TPSA) is 68.0 Å². The van der Waals surface area contributed by atoms with E-state index in [4.69, 9.17) is 5.84 Å². The van der Waals surface area contributed by atoms with Crippen LogP contribution < -0.4 is 11.3 Å². The van der Waals surface area contributed by atoms with Crippen molar-refractivity contribution in [1.29, 1.82) is 0 Å². The number of benzene rings is 1. The number of carbonyl (C=O) groups excluding carboxylic acids is 1. The number of nitrogens with one attached hydrogen (secondary N) is 1. The van der Waals surface area contributed by atoms with Crippen LogP contribution in [-0.2, 0) is 6.42 Å². The lowest BCUT2D eigenvalue weighted by molar-refractivity contribution is 0.0953. The molecule has 0 aliphatic carbocycles. The number of nitrogen functional groups attached to an aromatic ring is 1. The van der Waals surface area contributed by atoms with Crippen LogP contribution in [0.1, 0.15) is 22.8 Å². The number of hydrogen-bond donors (Lipinski definition) is 2.